The van der Waals surface area contributed by atoms with Crippen LogP contribution < -0.4 is 4.90 Å². The fourth-order valence-electron chi connectivity index (χ4n) is 3.80. The van der Waals surface area contributed by atoms with Crippen LogP contribution in [-0.4, -0.2) is 31.6 Å². The van der Waals surface area contributed by atoms with E-state index >= 15 is 0 Å². The van der Waals surface area contributed by atoms with Gasteiger partial charge in [0.1, 0.15) is 35.2 Å². The molecule has 0 aliphatic carbocycles. The van der Waals surface area contributed by atoms with Gasteiger partial charge in [0.25, 0.3) is 0 Å². The van der Waals surface area contributed by atoms with Crippen LogP contribution >= 0.6 is 27.3 Å². The second-order valence-electron chi connectivity index (χ2n) is 7.78. The molecule has 0 fully saturated rings. The fraction of sp³-hybridized carbons (Fsp3) is 0.120. The number of rotatable bonds is 6. The maximum atomic E-state index is 13.3. The van der Waals surface area contributed by atoms with Crippen LogP contribution in [0.4, 0.5) is 15.3 Å². The maximum Gasteiger partial charge on any atom is 0.191 e. The van der Waals surface area contributed by atoms with Crippen LogP contribution in [-0.2, 0) is 0 Å². The Balaban J connectivity index is 1.58. The van der Waals surface area contributed by atoms with Crippen molar-refractivity contribution in [3.8, 4) is 11.3 Å². The second kappa shape index (κ2) is 9.27. The van der Waals surface area contributed by atoms with Gasteiger partial charge in [-0.2, -0.15) is 0 Å². The number of aliphatic hydroxyl groups excluding tert-OH is 2. The molecule has 5 rings (SSSR count). The monoisotopic (exact) mass is 538 g/mol. The highest BCUT2D eigenvalue weighted by molar-refractivity contribution is 9.10. The number of hydrogen-bond acceptors (Lipinski definition) is 6. The zero-order chi connectivity index (χ0) is 23.8. The summed E-state index contributed by atoms with van der Waals surface area (Å²) in [5, 5.41) is 24.6. The highest BCUT2D eigenvalue weighted by Gasteiger charge is 2.30. The number of benzene rings is 2. The van der Waals surface area contributed by atoms with E-state index in [1.807, 2.05) is 58.3 Å². The van der Waals surface area contributed by atoms with E-state index in [9.17, 15) is 14.6 Å². The van der Waals surface area contributed by atoms with Crippen molar-refractivity contribution in [1.82, 2.24) is 14.4 Å². The van der Waals surface area contributed by atoms with Gasteiger partial charge < -0.3 is 15.1 Å². The Kier molecular flexibility index (Phi) is 6.18. The number of hydrogen-bond donors (Lipinski definition) is 2. The molecule has 172 valence electrons. The van der Waals surface area contributed by atoms with Crippen LogP contribution in [0.5, 0.6) is 0 Å². The first-order valence-corrected chi connectivity index (χ1v) is 12.1. The minimum atomic E-state index is -1.27. The van der Waals surface area contributed by atoms with Crippen molar-refractivity contribution in [2.45, 2.75) is 12.2 Å². The molecule has 2 atom stereocenters. The van der Waals surface area contributed by atoms with E-state index < -0.39 is 12.2 Å². The van der Waals surface area contributed by atoms with Crippen LogP contribution in [0.2, 0.25) is 0 Å². The highest BCUT2D eigenvalue weighted by atomic mass is 79.9. The summed E-state index contributed by atoms with van der Waals surface area (Å²) in [6.45, 7) is 0. The number of nitrogens with zero attached hydrogens (tertiary/aromatic N) is 4. The van der Waals surface area contributed by atoms with E-state index in [1.54, 1.807) is 24.3 Å². The predicted molar refractivity (Wildman–Crippen MR) is 135 cm³/mol. The third-order valence-electron chi connectivity index (χ3n) is 5.54. The SMILES string of the molecule is CN(c1nc(-c2ccc(F)cc2)cs1)c1c(C(O)C(O)c2ccccc2)nc2ccc(Br)cn12. The maximum absolute atomic E-state index is 13.3. The lowest BCUT2D eigenvalue weighted by atomic mass is 10.0. The molecule has 0 radical (unpaired) electrons. The van der Waals surface area contributed by atoms with E-state index in [0.29, 0.717) is 33.5 Å². The van der Waals surface area contributed by atoms with Crippen LogP contribution in [0.15, 0.2) is 82.8 Å². The number of thiazole rings is 1. The molecule has 0 saturated heterocycles. The summed E-state index contributed by atoms with van der Waals surface area (Å²) in [4.78, 5) is 11.2. The van der Waals surface area contributed by atoms with Gasteiger partial charge in [0.2, 0.25) is 0 Å². The Morgan fingerprint density at radius 3 is 2.44 bits per heavy atom. The van der Waals surface area contributed by atoms with Crippen LogP contribution in [0.25, 0.3) is 16.9 Å². The number of aliphatic hydroxyl groups is 2. The number of fused-ring (bicyclic) bond motifs is 1. The lowest BCUT2D eigenvalue weighted by Gasteiger charge is -2.22. The number of imidazole rings is 1. The first-order chi connectivity index (χ1) is 16.4. The van der Waals surface area contributed by atoms with Gasteiger partial charge in [-0.15, -0.1) is 11.3 Å². The summed E-state index contributed by atoms with van der Waals surface area (Å²) in [6, 6.07) is 18.9. The number of anilines is 2. The van der Waals surface area contributed by atoms with E-state index in [2.05, 4.69) is 20.9 Å². The molecule has 2 unspecified atom stereocenters. The molecular formula is C25H20BrFN4O2S. The molecule has 3 aromatic heterocycles. The molecule has 0 amide bonds. The lowest BCUT2D eigenvalue weighted by Crippen LogP contribution is -2.18. The Morgan fingerprint density at radius 1 is 0.971 bits per heavy atom. The molecule has 0 saturated carbocycles. The second-order valence-corrected chi connectivity index (χ2v) is 9.53. The van der Waals surface area contributed by atoms with Crippen molar-refractivity contribution < 1.29 is 14.6 Å². The van der Waals surface area contributed by atoms with Crippen molar-refractivity contribution in [2.24, 2.45) is 0 Å². The molecular weight excluding hydrogens is 519 g/mol. The molecule has 5 aromatic rings. The summed E-state index contributed by atoms with van der Waals surface area (Å²) in [6.07, 6.45) is -0.573. The third-order valence-corrected chi connectivity index (χ3v) is 6.93. The van der Waals surface area contributed by atoms with Crippen molar-refractivity contribution in [3.63, 3.8) is 0 Å². The average molecular weight is 539 g/mol. The molecule has 0 aliphatic rings. The van der Waals surface area contributed by atoms with Gasteiger partial charge in [-0.3, -0.25) is 4.40 Å². The first kappa shape index (κ1) is 22.7. The Bertz CT molecular complexity index is 1440. The molecule has 34 heavy (non-hydrogen) atoms. The van der Waals surface area contributed by atoms with Gasteiger partial charge in [0, 0.05) is 28.7 Å². The predicted octanol–water partition coefficient (Wildman–Crippen LogP) is 5.89. The Hall–Kier alpha value is -3.11. The van der Waals surface area contributed by atoms with Crippen molar-refractivity contribution in [1.29, 1.82) is 0 Å². The zero-order valence-corrected chi connectivity index (χ0v) is 20.4. The van der Waals surface area contributed by atoms with E-state index in [-0.39, 0.29) is 5.82 Å². The standard InChI is InChI=1S/C25H20BrFN4O2S/c1-30(25-28-19(14-34-25)15-7-10-18(27)11-8-15)24-21(29-20-12-9-17(26)13-31(20)24)23(33)22(32)16-5-3-2-4-6-16/h2-14,22-23,32-33H,1H3. The minimum Gasteiger partial charge on any atom is -0.385 e. The quantitative estimate of drug-likeness (QED) is 0.281. The molecule has 2 N–H and O–H groups in total. The summed E-state index contributed by atoms with van der Waals surface area (Å²) < 4.78 is 16.0. The fourth-order valence-corrected chi connectivity index (χ4v) is 4.94. The topological polar surface area (TPSA) is 73.9 Å². The molecule has 9 heteroatoms. The number of pyridine rings is 1. The van der Waals surface area contributed by atoms with Gasteiger partial charge >= 0.3 is 0 Å². The summed E-state index contributed by atoms with van der Waals surface area (Å²) in [7, 11) is 1.84. The third kappa shape index (κ3) is 4.23. The highest BCUT2D eigenvalue weighted by Crippen LogP contribution is 2.39. The van der Waals surface area contributed by atoms with Crippen molar-refractivity contribution in [2.75, 3.05) is 11.9 Å². The lowest BCUT2D eigenvalue weighted by molar-refractivity contribution is 0.0153. The molecule has 0 bridgehead atoms. The number of aromatic nitrogens is 3. The minimum absolute atomic E-state index is 0.303. The first-order valence-electron chi connectivity index (χ1n) is 10.5. The molecule has 3 heterocycles. The zero-order valence-electron chi connectivity index (χ0n) is 18.0. The van der Waals surface area contributed by atoms with Gasteiger partial charge in [-0.1, -0.05) is 30.3 Å². The Labute approximate surface area is 207 Å². The van der Waals surface area contributed by atoms with Crippen LogP contribution in [0, 0.1) is 5.82 Å². The van der Waals surface area contributed by atoms with E-state index in [0.717, 1.165) is 10.0 Å². The molecule has 0 aliphatic heterocycles. The van der Waals surface area contributed by atoms with Crippen LogP contribution in [0.3, 0.4) is 0 Å². The molecule has 0 spiro atoms. The van der Waals surface area contributed by atoms with Crippen molar-refractivity contribution >= 4 is 43.9 Å². The molecule has 2 aromatic carbocycles. The van der Waals surface area contributed by atoms with E-state index in [4.69, 9.17) is 4.98 Å². The van der Waals surface area contributed by atoms with E-state index in [1.165, 1.54) is 23.5 Å². The summed E-state index contributed by atoms with van der Waals surface area (Å²) in [5.41, 5.74) is 3.06. The van der Waals surface area contributed by atoms with Gasteiger partial charge in [-0.25, -0.2) is 14.4 Å². The Morgan fingerprint density at radius 2 is 1.71 bits per heavy atom. The van der Waals surface area contributed by atoms with Gasteiger partial charge in [0.05, 0.1) is 5.69 Å². The number of halogens is 2. The smallest absolute Gasteiger partial charge is 0.191 e. The normalized spacial score (nSPS) is 13.2. The summed E-state index contributed by atoms with van der Waals surface area (Å²) in [5.74, 6) is 0.280. The van der Waals surface area contributed by atoms with Crippen LogP contribution in [0.1, 0.15) is 23.5 Å². The molecule has 6 nitrogen and oxygen atoms in total. The summed E-state index contributed by atoms with van der Waals surface area (Å²) >= 11 is 4.92. The largest absolute Gasteiger partial charge is 0.385 e. The average Bonchev–Trinajstić information content (AvgIpc) is 3.49. The van der Waals surface area contributed by atoms with Crippen molar-refractivity contribution in [3.05, 3.63) is 99.9 Å². The van der Waals surface area contributed by atoms with Gasteiger partial charge in [-0.05, 0) is 57.9 Å². The van der Waals surface area contributed by atoms with Gasteiger partial charge in [0.15, 0.2) is 5.13 Å².